The van der Waals surface area contributed by atoms with Crippen LogP contribution in [0, 0.1) is 0 Å². The van der Waals surface area contributed by atoms with Gasteiger partial charge in [0.05, 0.1) is 11.1 Å². The van der Waals surface area contributed by atoms with Crippen LogP contribution in [0.1, 0.15) is 41.6 Å². The van der Waals surface area contributed by atoms with E-state index in [9.17, 15) is 13.2 Å². The summed E-state index contributed by atoms with van der Waals surface area (Å²) in [7, 11) is -3.88. The smallest absolute Gasteiger partial charge is 0.257 e. The van der Waals surface area contributed by atoms with E-state index in [1.807, 2.05) is 6.92 Å². The fourth-order valence-corrected chi connectivity index (χ4v) is 5.15. The largest absolute Gasteiger partial charge is 0.377 e. The fraction of sp³-hybridized carbons (Fsp3) is 0.471. The molecular weight excluding hydrogens is 424 g/mol. The Morgan fingerprint density at radius 1 is 1.39 bits per heavy atom. The number of rotatable bonds is 8. The molecule has 1 aliphatic rings. The molecule has 1 saturated heterocycles. The average molecular weight is 445 g/mol. The van der Waals surface area contributed by atoms with Gasteiger partial charge in [0, 0.05) is 25.1 Å². The molecule has 0 radical (unpaired) electrons. The number of hydrogen-bond donors (Lipinski definition) is 2. The maximum absolute atomic E-state index is 12.6. The van der Waals surface area contributed by atoms with Crippen molar-refractivity contribution in [1.29, 1.82) is 0 Å². The molecule has 1 aliphatic heterocycles. The molecule has 1 aromatic heterocycles. The number of sulfonamides is 1. The summed E-state index contributed by atoms with van der Waals surface area (Å²) in [6.07, 6.45) is 3.29. The first kappa shape index (κ1) is 21.1. The van der Waals surface area contributed by atoms with Crippen LogP contribution < -0.4 is 10.0 Å². The van der Waals surface area contributed by atoms with Crippen molar-refractivity contribution in [2.24, 2.45) is 0 Å². The minimum atomic E-state index is -3.88. The molecule has 1 atom stereocenters. The monoisotopic (exact) mass is 444 g/mol. The summed E-state index contributed by atoms with van der Waals surface area (Å²) < 4.78 is 33.2. The summed E-state index contributed by atoms with van der Waals surface area (Å²) in [4.78, 5) is 12.3. The average Bonchev–Trinajstić information content (AvgIpc) is 3.33. The number of hydrogen-bond acceptors (Lipinski definition) is 7. The van der Waals surface area contributed by atoms with Gasteiger partial charge in [-0.3, -0.25) is 10.1 Å². The van der Waals surface area contributed by atoms with E-state index in [1.165, 1.54) is 29.5 Å². The van der Waals surface area contributed by atoms with E-state index < -0.39 is 15.9 Å². The lowest BCUT2D eigenvalue weighted by Gasteiger charge is -2.13. The van der Waals surface area contributed by atoms with Crippen LogP contribution in [0.25, 0.3) is 0 Å². The Morgan fingerprint density at radius 2 is 2.21 bits per heavy atom. The summed E-state index contributed by atoms with van der Waals surface area (Å²) in [5.74, 6) is -0.480. The molecular formula is C17H21ClN4O4S2. The summed E-state index contributed by atoms with van der Waals surface area (Å²) in [5.41, 5.74) is 0.161. The van der Waals surface area contributed by atoms with Crippen molar-refractivity contribution in [2.75, 3.05) is 18.5 Å². The predicted octanol–water partition coefficient (Wildman–Crippen LogP) is 2.85. The first-order valence-electron chi connectivity index (χ1n) is 8.93. The molecule has 0 aliphatic carbocycles. The zero-order valence-electron chi connectivity index (χ0n) is 15.3. The second-order valence-corrected chi connectivity index (χ2v) is 9.54. The van der Waals surface area contributed by atoms with Crippen molar-refractivity contribution in [3.63, 3.8) is 0 Å². The maximum Gasteiger partial charge on any atom is 0.257 e. The summed E-state index contributed by atoms with van der Waals surface area (Å²) in [6, 6.07) is 4.11. The quantitative estimate of drug-likeness (QED) is 0.647. The van der Waals surface area contributed by atoms with Gasteiger partial charge in [-0.25, -0.2) is 13.1 Å². The molecule has 1 fully saturated rings. The molecule has 1 unspecified atom stereocenters. The Hall–Kier alpha value is -1.59. The summed E-state index contributed by atoms with van der Waals surface area (Å²) in [5, 5.41) is 11.8. The van der Waals surface area contributed by atoms with Crippen LogP contribution in [0.3, 0.4) is 0 Å². The third-order valence-electron chi connectivity index (χ3n) is 4.16. The van der Waals surface area contributed by atoms with Crippen molar-refractivity contribution in [3.8, 4) is 0 Å². The van der Waals surface area contributed by atoms with Gasteiger partial charge in [0.1, 0.15) is 9.90 Å². The van der Waals surface area contributed by atoms with E-state index >= 15 is 0 Å². The molecule has 1 amide bonds. The highest BCUT2D eigenvalue weighted by atomic mass is 35.5. The highest BCUT2D eigenvalue weighted by Crippen LogP contribution is 2.24. The molecule has 3 rings (SSSR count). The molecule has 2 aromatic rings. The number of ether oxygens (including phenoxy) is 1. The Balaban J connectivity index is 1.72. The van der Waals surface area contributed by atoms with Crippen LogP contribution in [-0.2, 0) is 21.2 Å². The number of carbonyl (C=O) groups is 1. The number of benzene rings is 1. The summed E-state index contributed by atoms with van der Waals surface area (Å²) >= 11 is 7.37. The molecule has 1 aromatic carbocycles. The number of amides is 1. The lowest BCUT2D eigenvalue weighted by Crippen LogP contribution is -2.32. The van der Waals surface area contributed by atoms with Gasteiger partial charge >= 0.3 is 0 Å². The zero-order valence-corrected chi connectivity index (χ0v) is 17.7. The van der Waals surface area contributed by atoms with Gasteiger partial charge in [0.2, 0.25) is 15.2 Å². The molecule has 28 heavy (non-hydrogen) atoms. The fourth-order valence-electron chi connectivity index (χ4n) is 2.72. The van der Waals surface area contributed by atoms with Gasteiger partial charge in [0.25, 0.3) is 5.91 Å². The van der Waals surface area contributed by atoms with Gasteiger partial charge in [-0.05, 0) is 37.5 Å². The van der Waals surface area contributed by atoms with E-state index in [4.69, 9.17) is 16.3 Å². The van der Waals surface area contributed by atoms with Crippen LogP contribution in [0.5, 0.6) is 0 Å². The highest BCUT2D eigenvalue weighted by Gasteiger charge is 2.23. The Labute approximate surface area is 172 Å². The second-order valence-electron chi connectivity index (χ2n) is 6.34. The Morgan fingerprint density at radius 3 is 2.93 bits per heavy atom. The first-order chi connectivity index (χ1) is 13.4. The molecule has 2 heterocycles. The molecule has 0 saturated carbocycles. The third-order valence-corrected chi connectivity index (χ3v) is 6.96. The number of nitrogens with one attached hydrogen (secondary N) is 2. The van der Waals surface area contributed by atoms with Crippen LogP contribution in [-0.4, -0.2) is 43.8 Å². The first-order valence-corrected chi connectivity index (χ1v) is 11.6. The molecule has 2 N–H and O–H groups in total. The second kappa shape index (κ2) is 9.27. The van der Waals surface area contributed by atoms with E-state index in [-0.39, 0.29) is 28.1 Å². The van der Waals surface area contributed by atoms with E-state index in [1.54, 1.807) is 0 Å². The van der Waals surface area contributed by atoms with Crippen LogP contribution in [0.2, 0.25) is 5.02 Å². The van der Waals surface area contributed by atoms with Crippen molar-refractivity contribution >= 4 is 44.0 Å². The maximum atomic E-state index is 12.6. The third kappa shape index (κ3) is 5.26. The minimum absolute atomic E-state index is 0.0394. The van der Waals surface area contributed by atoms with Gasteiger partial charge in [-0.15, -0.1) is 10.2 Å². The molecule has 0 bridgehead atoms. The van der Waals surface area contributed by atoms with Gasteiger partial charge < -0.3 is 4.74 Å². The molecule has 11 heteroatoms. The lowest BCUT2D eigenvalue weighted by atomic mass is 10.2. The number of carbonyl (C=O) groups excluding carboxylic acids is 1. The number of nitrogens with zero attached hydrogens (tertiary/aromatic N) is 2. The Kier molecular flexibility index (Phi) is 7.00. The predicted molar refractivity (Wildman–Crippen MR) is 107 cm³/mol. The molecule has 0 spiro atoms. The Bertz CT molecular complexity index is 942. The van der Waals surface area contributed by atoms with Crippen LogP contribution >= 0.6 is 22.9 Å². The SMILES string of the molecule is CCCc1nnc(NC(=O)c2ccc(Cl)c(S(=O)(=O)NCC3CCCO3)c2)s1. The van der Waals surface area contributed by atoms with Gasteiger partial charge in [-0.1, -0.05) is 29.9 Å². The number of halogens is 1. The van der Waals surface area contributed by atoms with Gasteiger partial charge in [0.15, 0.2) is 0 Å². The topological polar surface area (TPSA) is 110 Å². The van der Waals surface area contributed by atoms with Crippen molar-refractivity contribution in [2.45, 2.75) is 43.6 Å². The molecule has 8 nitrogen and oxygen atoms in total. The van der Waals surface area contributed by atoms with Crippen molar-refractivity contribution in [1.82, 2.24) is 14.9 Å². The van der Waals surface area contributed by atoms with E-state index in [0.29, 0.717) is 11.7 Å². The number of anilines is 1. The summed E-state index contributed by atoms with van der Waals surface area (Å²) in [6.45, 7) is 2.83. The van der Waals surface area contributed by atoms with Crippen LogP contribution in [0.15, 0.2) is 23.1 Å². The van der Waals surface area contributed by atoms with Crippen molar-refractivity contribution < 1.29 is 17.9 Å². The van der Waals surface area contributed by atoms with Crippen LogP contribution in [0.4, 0.5) is 5.13 Å². The number of aryl methyl sites for hydroxylation is 1. The number of aromatic nitrogens is 2. The minimum Gasteiger partial charge on any atom is -0.377 e. The van der Waals surface area contributed by atoms with E-state index in [0.717, 1.165) is 30.7 Å². The standard InChI is InChI=1S/C17H21ClN4O4S2/c1-2-4-15-21-22-17(27-15)20-16(23)11-6-7-13(18)14(9-11)28(24,25)19-10-12-5-3-8-26-12/h6-7,9,12,19H,2-5,8,10H2,1H3,(H,20,22,23). The van der Waals surface area contributed by atoms with Gasteiger partial charge in [-0.2, -0.15) is 0 Å². The lowest BCUT2D eigenvalue weighted by molar-refractivity contribution is 0.102. The highest BCUT2D eigenvalue weighted by molar-refractivity contribution is 7.89. The normalized spacial score (nSPS) is 17.0. The van der Waals surface area contributed by atoms with Crippen molar-refractivity contribution in [3.05, 3.63) is 33.8 Å². The molecule has 152 valence electrons. The van der Waals surface area contributed by atoms with E-state index in [2.05, 4.69) is 20.2 Å². The zero-order chi connectivity index (χ0) is 20.1.